The third kappa shape index (κ3) is 4.24. The first-order chi connectivity index (χ1) is 11.3. The molecular formula is C16H17BrN2O3S2. The molecule has 1 saturated carbocycles. The molecule has 1 aliphatic rings. The van der Waals surface area contributed by atoms with Gasteiger partial charge in [-0.05, 0) is 65.5 Å². The van der Waals surface area contributed by atoms with Crippen molar-refractivity contribution in [3.05, 3.63) is 50.1 Å². The molecule has 1 fully saturated rings. The summed E-state index contributed by atoms with van der Waals surface area (Å²) in [6.07, 6.45) is 1.74. The topological polar surface area (TPSA) is 75.3 Å². The number of halogens is 1. The van der Waals surface area contributed by atoms with Gasteiger partial charge >= 0.3 is 0 Å². The molecule has 24 heavy (non-hydrogen) atoms. The number of thiophene rings is 1. The Balaban J connectivity index is 1.76. The maximum Gasteiger partial charge on any atom is 0.251 e. The highest BCUT2D eigenvalue weighted by molar-refractivity contribution is 9.11. The van der Waals surface area contributed by atoms with Crippen LogP contribution in [-0.2, 0) is 16.6 Å². The molecule has 0 radical (unpaired) electrons. The van der Waals surface area contributed by atoms with Crippen molar-refractivity contribution < 1.29 is 13.2 Å². The van der Waals surface area contributed by atoms with Crippen molar-refractivity contribution in [3.8, 4) is 0 Å². The summed E-state index contributed by atoms with van der Waals surface area (Å²) in [5, 5.41) is 2.84. The van der Waals surface area contributed by atoms with Crippen LogP contribution < -0.4 is 10.0 Å². The van der Waals surface area contributed by atoms with Crippen LogP contribution in [-0.4, -0.2) is 20.4 Å². The molecule has 0 bridgehead atoms. The number of hydrogen-bond donors (Lipinski definition) is 2. The summed E-state index contributed by atoms with van der Waals surface area (Å²) in [5.74, 6) is -0.277. The summed E-state index contributed by atoms with van der Waals surface area (Å²) < 4.78 is 28.2. The molecule has 1 aromatic heterocycles. The highest BCUT2D eigenvalue weighted by Crippen LogP contribution is 2.24. The van der Waals surface area contributed by atoms with Gasteiger partial charge in [-0.2, -0.15) is 0 Å². The second-order valence-electron chi connectivity index (χ2n) is 5.76. The van der Waals surface area contributed by atoms with Crippen LogP contribution in [0.25, 0.3) is 0 Å². The van der Waals surface area contributed by atoms with Crippen molar-refractivity contribution in [2.24, 2.45) is 0 Å². The van der Waals surface area contributed by atoms with Crippen LogP contribution in [0.4, 0.5) is 0 Å². The summed E-state index contributed by atoms with van der Waals surface area (Å²) in [6, 6.07) is 8.53. The zero-order valence-corrected chi connectivity index (χ0v) is 16.2. The van der Waals surface area contributed by atoms with Gasteiger partial charge in [-0.25, -0.2) is 13.1 Å². The quantitative estimate of drug-likeness (QED) is 0.741. The molecule has 128 valence electrons. The van der Waals surface area contributed by atoms with E-state index in [2.05, 4.69) is 26.0 Å². The summed E-state index contributed by atoms with van der Waals surface area (Å²) in [5.41, 5.74) is 1.12. The van der Waals surface area contributed by atoms with Crippen molar-refractivity contribution >= 4 is 43.2 Å². The number of nitrogens with one attached hydrogen (secondary N) is 2. The van der Waals surface area contributed by atoms with Gasteiger partial charge in [0.15, 0.2) is 0 Å². The van der Waals surface area contributed by atoms with Crippen LogP contribution in [0.1, 0.15) is 33.6 Å². The van der Waals surface area contributed by atoms with Gasteiger partial charge in [0.1, 0.15) is 0 Å². The van der Waals surface area contributed by atoms with Crippen molar-refractivity contribution in [1.29, 1.82) is 0 Å². The Morgan fingerprint density at radius 2 is 2.04 bits per heavy atom. The van der Waals surface area contributed by atoms with Gasteiger partial charge in [0.25, 0.3) is 5.91 Å². The minimum absolute atomic E-state index is 0.0332. The molecule has 3 rings (SSSR count). The van der Waals surface area contributed by atoms with Gasteiger partial charge in [-0.15, -0.1) is 11.3 Å². The van der Waals surface area contributed by atoms with E-state index >= 15 is 0 Å². The summed E-state index contributed by atoms with van der Waals surface area (Å²) >= 11 is 4.93. The fourth-order valence-electron chi connectivity index (χ4n) is 2.21. The van der Waals surface area contributed by atoms with Gasteiger partial charge in [0.2, 0.25) is 10.0 Å². The third-order valence-electron chi connectivity index (χ3n) is 3.72. The monoisotopic (exact) mass is 428 g/mol. The van der Waals surface area contributed by atoms with E-state index < -0.39 is 10.0 Å². The van der Waals surface area contributed by atoms with E-state index in [1.54, 1.807) is 24.3 Å². The second kappa shape index (κ2) is 6.95. The van der Waals surface area contributed by atoms with E-state index in [0.29, 0.717) is 12.1 Å². The first kappa shape index (κ1) is 17.6. The molecule has 5 nitrogen and oxygen atoms in total. The van der Waals surface area contributed by atoms with Crippen LogP contribution in [0.3, 0.4) is 0 Å². The van der Waals surface area contributed by atoms with Crippen LogP contribution in [0.5, 0.6) is 0 Å². The van der Waals surface area contributed by atoms with E-state index in [-0.39, 0.29) is 16.8 Å². The molecule has 2 N–H and O–H groups in total. The molecule has 0 atom stereocenters. The average Bonchev–Trinajstić information content (AvgIpc) is 3.23. The Morgan fingerprint density at radius 3 is 2.67 bits per heavy atom. The molecule has 1 amide bonds. The van der Waals surface area contributed by atoms with Gasteiger partial charge in [0, 0.05) is 16.5 Å². The zero-order valence-electron chi connectivity index (χ0n) is 13.0. The molecular weight excluding hydrogens is 412 g/mol. The number of amides is 1. The highest BCUT2D eigenvalue weighted by atomic mass is 79.9. The number of benzene rings is 1. The first-order valence-corrected chi connectivity index (χ1v) is 10.6. The number of rotatable bonds is 6. The summed E-state index contributed by atoms with van der Waals surface area (Å²) in [4.78, 5) is 13.6. The molecule has 0 aliphatic heterocycles. The largest absolute Gasteiger partial charge is 0.347 e. The lowest BCUT2D eigenvalue weighted by atomic mass is 10.1. The Bertz CT molecular complexity index is 873. The van der Waals surface area contributed by atoms with E-state index in [1.165, 1.54) is 12.1 Å². The molecule has 8 heteroatoms. The van der Waals surface area contributed by atoms with Crippen molar-refractivity contribution in [2.75, 3.05) is 0 Å². The molecule has 0 unspecified atom stereocenters. The van der Waals surface area contributed by atoms with E-state index in [1.807, 2.05) is 12.1 Å². The molecule has 1 heterocycles. The number of carbonyl (C=O) groups excluding carboxylic acids is 1. The van der Waals surface area contributed by atoms with Crippen molar-refractivity contribution in [1.82, 2.24) is 10.0 Å². The van der Waals surface area contributed by atoms with Gasteiger partial charge < -0.3 is 5.32 Å². The third-order valence-corrected chi connectivity index (χ3v) is 6.86. The lowest BCUT2D eigenvalue weighted by Crippen LogP contribution is -2.27. The van der Waals surface area contributed by atoms with Gasteiger partial charge in [-0.3, -0.25) is 4.79 Å². The minimum atomic E-state index is -3.57. The number of sulfonamides is 1. The maximum absolute atomic E-state index is 12.4. The molecule has 2 aromatic rings. The lowest BCUT2D eigenvalue weighted by molar-refractivity contribution is 0.0950. The Labute approximate surface area is 153 Å². The standard InChI is InChI=1S/C16H17BrN2O3S2/c1-10-2-6-13(24(21,22)19-11-3-4-11)8-14(10)16(20)18-9-12-5-7-15(17)23-12/h2,5-8,11,19H,3-4,9H2,1H3,(H,18,20). The summed E-state index contributed by atoms with van der Waals surface area (Å²) in [7, 11) is -3.57. The molecule has 0 saturated heterocycles. The minimum Gasteiger partial charge on any atom is -0.347 e. The van der Waals surface area contributed by atoms with Crippen LogP contribution in [0, 0.1) is 6.92 Å². The Kier molecular flexibility index (Phi) is 5.10. The predicted molar refractivity (Wildman–Crippen MR) is 97.7 cm³/mol. The van der Waals surface area contributed by atoms with Crippen LogP contribution in [0.2, 0.25) is 0 Å². The van der Waals surface area contributed by atoms with E-state index in [9.17, 15) is 13.2 Å². The van der Waals surface area contributed by atoms with Gasteiger partial charge in [-0.1, -0.05) is 6.07 Å². The zero-order chi connectivity index (χ0) is 17.3. The molecule has 0 spiro atoms. The smallest absolute Gasteiger partial charge is 0.251 e. The van der Waals surface area contributed by atoms with E-state index in [0.717, 1.165) is 27.1 Å². The highest BCUT2D eigenvalue weighted by Gasteiger charge is 2.28. The van der Waals surface area contributed by atoms with Crippen molar-refractivity contribution in [2.45, 2.75) is 37.2 Å². The fraction of sp³-hybridized carbons (Fsp3) is 0.312. The maximum atomic E-state index is 12.4. The SMILES string of the molecule is Cc1ccc(S(=O)(=O)NC2CC2)cc1C(=O)NCc1ccc(Br)s1. The second-order valence-corrected chi connectivity index (χ2v) is 10.0. The van der Waals surface area contributed by atoms with Crippen LogP contribution >= 0.6 is 27.3 Å². The van der Waals surface area contributed by atoms with E-state index in [4.69, 9.17) is 0 Å². The number of hydrogen-bond acceptors (Lipinski definition) is 4. The average molecular weight is 429 g/mol. The molecule has 1 aliphatic carbocycles. The Morgan fingerprint density at radius 1 is 1.29 bits per heavy atom. The Hall–Kier alpha value is -1.22. The van der Waals surface area contributed by atoms with Gasteiger partial charge in [0.05, 0.1) is 15.2 Å². The summed E-state index contributed by atoms with van der Waals surface area (Å²) in [6.45, 7) is 2.20. The number of aryl methyl sites for hydroxylation is 1. The predicted octanol–water partition coefficient (Wildman–Crippen LogP) is 3.19. The number of carbonyl (C=O) groups is 1. The normalized spacial score (nSPS) is 14.6. The fourth-order valence-corrected chi connectivity index (χ4v) is 4.96. The first-order valence-electron chi connectivity index (χ1n) is 7.50. The van der Waals surface area contributed by atoms with Crippen molar-refractivity contribution in [3.63, 3.8) is 0 Å². The van der Waals surface area contributed by atoms with Crippen LogP contribution in [0.15, 0.2) is 39.0 Å². The molecule has 1 aromatic carbocycles. The lowest BCUT2D eigenvalue weighted by Gasteiger charge is -2.10.